The first kappa shape index (κ1) is 16.1. The summed E-state index contributed by atoms with van der Waals surface area (Å²) >= 11 is 0. The van der Waals surface area contributed by atoms with Gasteiger partial charge < -0.3 is 5.11 Å². The average molecular weight is 289 g/mol. The van der Waals surface area contributed by atoms with Crippen LogP contribution in [0.1, 0.15) is 39.4 Å². The molecule has 1 rings (SSSR count). The van der Waals surface area contributed by atoms with Gasteiger partial charge in [0.15, 0.2) is 0 Å². The predicted molar refractivity (Wildman–Crippen MR) is 73.5 cm³/mol. The maximum Gasteiger partial charge on any atom is 0.246 e. The second-order valence-corrected chi connectivity index (χ2v) is 6.94. The normalized spacial score (nSPS) is 12.9. The van der Waals surface area contributed by atoms with Gasteiger partial charge in [-0.15, -0.1) is 0 Å². The van der Waals surface area contributed by atoms with E-state index in [1.807, 2.05) is 13.8 Å². The van der Waals surface area contributed by atoms with Crippen LogP contribution < -0.4 is 0 Å². The summed E-state index contributed by atoms with van der Waals surface area (Å²) in [7, 11) is -3.62. The highest BCUT2D eigenvalue weighted by Crippen LogP contribution is 2.22. The predicted octanol–water partition coefficient (Wildman–Crippen LogP) is 1.16. The Hall–Kier alpha value is -0.920. The average Bonchev–Trinajstić information content (AvgIpc) is 2.68. The van der Waals surface area contributed by atoms with Crippen LogP contribution in [0, 0.1) is 6.92 Å². The summed E-state index contributed by atoms with van der Waals surface area (Å²) in [4.78, 5) is 0.211. The fourth-order valence-electron chi connectivity index (χ4n) is 1.86. The largest absolute Gasteiger partial charge is 0.395 e. The molecular weight excluding hydrogens is 266 g/mol. The second kappa shape index (κ2) is 6.02. The summed E-state index contributed by atoms with van der Waals surface area (Å²) in [6, 6.07) is -0.105. The van der Waals surface area contributed by atoms with E-state index in [0.29, 0.717) is 5.69 Å². The fourth-order valence-corrected chi connectivity index (χ4v) is 3.65. The molecule has 0 saturated carbocycles. The zero-order valence-electron chi connectivity index (χ0n) is 12.2. The van der Waals surface area contributed by atoms with Crippen LogP contribution in [0.25, 0.3) is 0 Å². The summed E-state index contributed by atoms with van der Waals surface area (Å²) in [6.45, 7) is 9.03. The van der Waals surface area contributed by atoms with Crippen molar-refractivity contribution in [3.8, 4) is 0 Å². The fraction of sp³-hybridized carbons (Fsp3) is 0.750. The van der Waals surface area contributed by atoms with Crippen molar-refractivity contribution in [1.29, 1.82) is 0 Å². The zero-order valence-corrected chi connectivity index (χ0v) is 13.0. The number of nitrogens with zero attached hydrogens (tertiary/aromatic N) is 3. The zero-order chi connectivity index (χ0) is 14.8. The molecule has 0 radical (unpaired) electrons. The Morgan fingerprint density at radius 2 is 1.95 bits per heavy atom. The van der Waals surface area contributed by atoms with Gasteiger partial charge in [-0.2, -0.15) is 9.40 Å². The number of aliphatic hydroxyl groups excluding tert-OH is 1. The monoisotopic (exact) mass is 289 g/mol. The number of rotatable bonds is 6. The van der Waals surface area contributed by atoms with Gasteiger partial charge in [-0.1, -0.05) is 0 Å². The quantitative estimate of drug-likeness (QED) is 0.853. The van der Waals surface area contributed by atoms with Gasteiger partial charge in [0, 0.05) is 24.8 Å². The van der Waals surface area contributed by atoms with Gasteiger partial charge >= 0.3 is 0 Å². The minimum Gasteiger partial charge on any atom is -0.395 e. The van der Waals surface area contributed by atoms with Crippen molar-refractivity contribution in [3.63, 3.8) is 0 Å². The minimum atomic E-state index is -3.62. The van der Waals surface area contributed by atoms with E-state index in [1.54, 1.807) is 31.6 Å². The topological polar surface area (TPSA) is 75.4 Å². The Morgan fingerprint density at radius 1 is 1.37 bits per heavy atom. The van der Waals surface area contributed by atoms with Gasteiger partial charge in [0.05, 0.1) is 12.3 Å². The summed E-state index contributed by atoms with van der Waals surface area (Å²) in [5.41, 5.74) is 0.484. The molecule has 1 aromatic rings. The van der Waals surface area contributed by atoms with E-state index in [1.165, 1.54) is 4.31 Å². The number of aromatic nitrogens is 2. The third kappa shape index (κ3) is 3.34. The van der Waals surface area contributed by atoms with E-state index in [0.717, 1.165) is 0 Å². The first-order chi connectivity index (χ1) is 8.71. The van der Waals surface area contributed by atoms with Crippen LogP contribution in [0.5, 0.6) is 0 Å². The van der Waals surface area contributed by atoms with Gasteiger partial charge in [-0.25, -0.2) is 8.42 Å². The molecule has 0 bridgehead atoms. The number of aliphatic hydroxyl groups is 1. The second-order valence-electron chi connectivity index (χ2n) is 5.09. The van der Waals surface area contributed by atoms with Gasteiger partial charge in [-0.3, -0.25) is 4.68 Å². The van der Waals surface area contributed by atoms with E-state index in [9.17, 15) is 8.42 Å². The molecule has 0 aliphatic heterocycles. The lowest BCUT2D eigenvalue weighted by Gasteiger charge is -2.24. The summed E-state index contributed by atoms with van der Waals surface area (Å²) in [5.74, 6) is 0. The van der Waals surface area contributed by atoms with Crippen LogP contribution in [0.4, 0.5) is 0 Å². The standard InChI is InChI=1S/C12H23N3O3S/c1-9(2)14-8-12(11(5)13-14)19(17,18)15(6-7-16)10(3)4/h8-10,16H,6-7H2,1-5H3. The molecule has 110 valence electrons. The SMILES string of the molecule is Cc1nn(C(C)C)cc1S(=O)(=O)N(CCO)C(C)C. The van der Waals surface area contributed by atoms with Crippen molar-refractivity contribution in [2.24, 2.45) is 0 Å². The molecule has 19 heavy (non-hydrogen) atoms. The maximum atomic E-state index is 12.6. The van der Waals surface area contributed by atoms with E-state index >= 15 is 0 Å². The highest BCUT2D eigenvalue weighted by atomic mass is 32.2. The first-order valence-corrected chi connectivity index (χ1v) is 7.84. The molecule has 0 atom stereocenters. The number of hydrogen-bond acceptors (Lipinski definition) is 4. The molecule has 0 spiro atoms. The smallest absolute Gasteiger partial charge is 0.246 e. The molecule has 0 unspecified atom stereocenters. The lowest BCUT2D eigenvalue weighted by Crippen LogP contribution is -2.39. The summed E-state index contributed by atoms with van der Waals surface area (Å²) in [5, 5.41) is 13.3. The molecule has 0 fully saturated rings. The Balaban J connectivity index is 3.25. The Labute approximate surface area is 115 Å². The molecule has 1 heterocycles. The summed E-state index contributed by atoms with van der Waals surface area (Å²) < 4.78 is 28.1. The Bertz CT molecular complexity index is 520. The molecule has 0 amide bonds. The van der Waals surface area contributed by atoms with Crippen LogP contribution in [-0.4, -0.2) is 46.8 Å². The van der Waals surface area contributed by atoms with Crippen molar-refractivity contribution < 1.29 is 13.5 Å². The molecule has 0 aliphatic carbocycles. The van der Waals surface area contributed by atoms with Crippen molar-refractivity contribution in [2.75, 3.05) is 13.2 Å². The molecule has 0 aromatic carbocycles. The van der Waals surface area contributed by atoms with Gasteiger partial charge in [0.2, 0.25) is 10.0 Å². The van der Waals surface area contributed by atoms with Gasteiger partial charge in [0.25, 0.3) is 0 Å². The van der Waals surface area contributed by atoms with Crippen LogP contribution >= 0.6 is 0 Å². The number of sulfonamides is 1. The maximum absolute atomic E-state index is 12.6. The third-order valence-electron chi connectivity index (χ3n) is 2.88. The van der Waals surface area contributed by atoms with E-state index in [2.05, 4.69) is 5.10 Å². The van der Waals surface area contributed by atoms with Crippen LogP contribution in [0.2, 0.25) is 0 Å². The minimum absolute atomic E-state index is 0.0896. The lowest BCUT2D eigenvalue weighted by molar-refractivity contribution is 0.236. The molecule has 1 aromatic heterocycles. The van der Waals surface area contributed by atoms with Crippen molar-refractivity contribution in [3.05, 3.63) is 11.9 Å². The third-order valence-corrected chi connectivity index (χ3v) is 5.06. The lowest BCUT2D eigenvalue weighted by atomic mass is 10.4. The number of hydrogen-bond donors (Lipinski definition) is 1. The molecule has 6 nitrogen and oxygen atoms in total. The molecule has 7 heteroatoms. The molecule has 0 aliphatic rings. The first-order valence-electron chi connectivity index (χ1n) is 6.40. The summed E-state index contributed by atoms with van der Waals surface area (Å²) in [6.07, 6.45) is 1.56. The highest BCUT2D eigenvalue weighted by Gasteiger charge is 2.30. The van der Waals surface area contributed by atoms with Crippen molar-refractivity contribution >= 4 is 10.0 Å². The van der Waals surface area contributed by atoms with E-state index < -0.39 is 10.0 Å². The van der Waals surface area contributed by atoms with Crippen molar-refractivity contribution in [1.82, 2.24) is 14.1 Å². The van der Waals surface area contributed by atoms with Crippen LogP contribution in [-0.2, 0) is 10.0 Å². The van der Waals surface area contributed by atoms with E-state index in [4.69, 9.17) is 5.11 Å². The Kier molecular flexibility index (Phi) is 5.11. The van der Waals surface area contributed by atoms with Crippen LogP contribution in [0.15, 0.2) is 11.1 Å². The Morgan fingerprint density at radius 3 is 2.32 bits per heavy atom. The highest BCUT2D eigenvalue weighted by molar-refractivity contribution is 7.89. The van der Waals surface area contributed by atoms with Gasteiger partial charge in [-0.05, 0) is 34.6 Å². The molecule has 1 N–H and O–H groups in total. The van der Waals surface area contributed by atoms with Crippen LogP contribution in [0.3, 0.4) is 0 Å². The van der Waals surface area contributed by atoms with E-state index in [-0.39, 0.29) is 30.1 Å². The van der Waals surface area contributed by atoms with Crippen molar-refractivity contribution in [2.45, 2.75) is 51.6 Å². The molecular formula is C12H23N3O3S. The van der Waals surface area contributed by atoms with Gasteiger partial charge in [0.1, 0.15) is 4.90 Å². The number of aryl methyl sites for hydroxylation is 1. The molecule has 0 saturated heterocycles.